The number of carbonyl (C=O) groups excluding carboxylic acids is 2. The van der Waals surface area contributed by atoms with Crippen molar-refractivity contribution in [2.45, 2.75) is 32.4 Å². The number of nitro groups is 1. The molecule has 2 aromatic rings. The SMILES string of the molecule is Cc1ccccc1C(=O)NC1CCN(C(=O)Cn2cc([N+](=O)[O-])ccc2=O)CC1. The maximum absolute atomic E-state index is 12.5. The first-order valence-electron chi connectivity index (χ1n) is 9.34. The number of rotatable bonds is 5. The number of nitrogens with one attached hydrogen (secondary N) is 1. The van der Waals surface area contributed by atoms with Gasteiger partial charge in [0.15, 0.2) is 0 Å². The molecule has 3 rings (SSSR count). The first kappa shape index (κ1) is 20.2. The summed E-state index contributed by atoms with van der Waals surface area (Å²) in [6.45, 7) is 2.52. The monoisotopic (exact) mass is 398 g/mol. The molecule has 152 valence electrons. The molecule has 2 heterocycles. The van der Waals surface area contributed by atoms with Crippen LogP contribution in [0.5, 0.6) is 0 Å². The molecule has 1 saturated heterocycles. The lowest BCUT2D eigenvalue weighted by molar-refractivity contribution is -0.385. The second kappa shape index (κ2) is 8.68. The third kappa shape index (κ3) is 4.87. The van der Waals surface area contributed by atoms with Gasteiger partial charge in [0.2, 0.25) is 5.91 Å². The number of carbonyl (C=O) groups is 2. The number of aromatic nitrogens is 1. The lowest BCUT2D eigenvalue weighted by Gasteiger charge is -2.32. The van der Waals surface area contributed by atoms with Crippen molar-refractivity contribution >= 4 is 17.5 Å². The molecule has 0 unspecified atom stereocenters. The van der Waals surface area contributed by atoms with Crippen LogP contribution < -0.4 is 10.9 Å². The zero-order valence-electron chi connectivity index (χ0n) is 16.0. The molecule has 2 amide bonds. The van der Waals surface area contributed by atoms with E-state index < -0.39 is 10.5 Å². The summed E-state index contributed by atoms with van der Waals surface area (Å²) in [4.78, 5) is 48.7. The van der Waals surface area contributed by atoms with E-state index in [0.29, 0.717) is 31.5 Å². The Morgan fingerprint density at radius 2 is 1.86 bits per heavy atom. The van der Waals surface area contributed by atoms with Gasteiger partial charge in [-0.05, 0) is 31.4 Å². The Hall–Kier alpha value is -3.49. The van der Waals surface area contributed by atoms with E-state index >= 15 is 0 Å². The van der Waals surface area contributed by atoms with Crippen molar-refractivity contribution in [1.82, 2.24) is 14.8 Å². The highest BCUT2D eigenvalue weighted by Gasteiger charge is 2.25. The number of nitrogens with zero attached hydrogens (tertiary/aromatic N) is 3. The minimum absolute atomic E-state index is 0.0355. The van der Waals surface area contributed by atoms with E-state index in [0.717, 1.165) is 28.5 Å². The first-order valence-corrected chi connectivity index (χ1v) is 9.34. The molecule has 9 nitrogen and oxygen atoms in total. The van der Waals surface area contributed by atoms with Gasteiger partial charge in [0.25, 0.3) is 17.2 Å². The molecule has 1 fully saturated rings. The molecule has 0 saturated carbocycles. The molecule has 0 bridgehead atoms. The normalized spacial score (nSPS) is 14.4. The van der Waals surface area contributed by atoms with Crippen molar-refractivity contribution in [3.8, 4) is 0 Å². The van der Waals surface area contributed by atoms with Crippen molar-refractivity contribution in [3.63, 3.8) is 0 Å². The fraction of sp³-hybridized carbons (Fsp3) is 0.350. The number of likely N-dealkylation sites (tertiary alicyclic amines) is 1. The standard InChI is InChI=1S/C20H22N4O5/c1-14-4-2-3-5-17(14)20(27)21-15-8-10-22(11-9-15)19(26)13-23-12-16(24(28)29)6-7-18(23)25/h2-7,12,15H,8-11,13H2,1H3,(H,21,27). The van der Waals surface area contributed by atoms with Crippen molar-refractivity contribution in [2.24, 2.45) is 0 Å². The maximum atomic E-state index is 12.5. The summed E-state index contributed by atoms with van der Waals surface area (Å²) in [5, 5.41) is 13.9. The van der Waals surface area contributed by atoms with E-state index in [1.54, 1.807) is 11.0 Å². The summed E-state index contributed by atoms with van der Waals surface area (Å²) in [5.41, 5.74) is 0.829. The fourth-order valence-corrected chi connectivity index (χ4v) is 3.36. The molecule has 9 heteroatoms. The third-order valence-electron chi connectivity index (χ3n) is 5.06. The van der Waals surface area contributed by atoms with E-state index in [9.17, 15) is 24.5 Å². The molecular formula is C20H22N4O5. The van der Waals surface area contributed by atoms with Crippen molar-refractivity contribution in [3.05, 3.63) is 74.2 Å². The second-order valence-electron chi connectivity index (χ2n) is 7.05. The van der Waals surface area contributed by atoms with Crippen molar-refractivity contribution < 1.29 is 14.5 Å². The number of benzene rings is 1. The van der Waals surface area contributed by atoms with Gasteiger partial charge < -0.3 is 10.2 Å². The average Bonchev–Trinajstić information content (AvgIpc) is 2.70. The minimum atomic E-state index is -0.608. The summed E-state index contributed by atoms with van der Waals surface area (Å²) < 4.78 is 1.05. The molecule has 1 aliphatic rings. The molecule has 1 N–H and O–H groups in total. The summed E-state index contributed by atoms with van der Waals surface area (Å²) in [6.07, 6.45) is 2.29. The first-order chi connectivity index (χ1) is 13.8. The third-order valence-corrected chi connectivity index (χ3v) is 5.06. The van der Waals surface area contributed by atoms with Crippen LogP contribution in [0.2, 0.25) is 0 Å². The van der Waals surface area contributed by atoms with Crippen LogP contribution in [0.3, 0.4) is 0 Å². The van der Waals surface area contributed by atoms with Crippen molar-refractivity contribution in [1.29, 1.82) is 0 Å². The maximum Gasteiger partial charge on any atom is 0.285 e. The summed E-state index contributed by atoms with van der Waals surface area (Å²) in [7, 11) is 0. The van der Waals surface area contributed by atoms with Crippen LogP contribution >= 0.6 is 0 Å². The van der Waals surface area contributed by atoms with E-state index in [-0.39, 0.29) is 30.1 Å². The Morgan fingerprint density at radius 1 is 1.17 bits per heavy atom. The van der Waals surface area contributed by atoms with Gasteiger partial charge in [-0.1, -0.05) is 18.2 Å². The van der Waals surface area contributed by atoms with Gasteiger partial charge in [-0.2, -0.15) is 0 Å². The molecule has 0 aliphatic carbocycles. The topological polar surface area (TPSA) is 115 Å². The van der Waals surface area contributed by atoms with Gasteiger partial charge in [0, 0.05) is 36.8 Å². The summed E-state index contributed by atoms with van der Waals surface area (Å²) >= 11 is 0. The highest BCUT2D eigenvalue weighted by Crippen LogP contribution is 2.14. The Balaban J connectivity index is 1.55. The zero-order valence-corrected chi connectivity index (χ0v) is 16.0. The van der Waals surface area contributed by atoms with Crippen LogP contribution in [0.15, 0.2) is 47.4 Å². The van der Waals surface area contributed by atoms with Gasteiger partial charge in [0.05, 0.1) is 11.1 Å². The molecule has 0 radical (unpaired) electrons. The quantitative estimate of drug-likeness (QED) is 0.605. The lowest BCUT2D eigenvalue weighted by atomic mass is 10.0. The van der Waals surface area contributed by atoms with E-state index in [1.807, 2.05) is 25.1 Å². The van der Waals surface area contributed by atoms with Gasteiger partial charge in [-0.3, -0.25) is 29.1 Å². The van der Waals surface area contributed by atoms with Gasteiger partial charge in [0.1, 0.15) is 6.54 Å². The summed E-state index contributed by atoms with van der Waals surface area (Å²) in [6, 6.07) is 9.52. The Bertz CT molecular complexity index is 992. The van der Waals surface area contributed by atoms with Gasteiger partial charge in [-0.25, -0.2) is 0 Å². The number of amides is 2. The molecule has 0 spiro atoms. The predicted octanol–water partition coefficient (Wildman–Crippen LogP) is 1.49. The van der Waals surface area contributed by atoms with Crippen LogP contribution in [0.1, 0.15) is 28.8 Å². The van der Waals surface area contributed by atoms with E-state index in [1.165, 1.54) is 0 Å². The molecule has 1 aliphatic heterocycles. The highest BCUT2D eigenvalue weighted by atomic mass is 16.6. The molecule has 1 aromatic carbocycles. The Labute approximate surface area is 167 Å². The van der Waals surface area contributed by atoms with Crippen LogP contribution in [0.25, 0.3) is 0 Å². The second-order valence-corrected chi connectivity index (χ2v) is 7.05. The van der Waals surface area contributed by atoms with Crippen molar-refractivity contribution in [2.75, 3.05) is 13.1 Å². The molecule has 0 atom stereocenters. The Kier molecular flexibility index (Phi) is 6.06. The number of hydrogen-bond donors (Lipinski definition) is 1. The molecule has 1 aromatic heterocycles. The average molecular weight is 398 g/mol. The number of hydrogen-bond acceptors (Lipinski definition) is 5. The minimum Gasteiger partial charge on any atom is -0.349 e. The molecular weight excluding hydrogens is 376 g/mol. The molecule has 29 heavy (non-hydrogen) atoms. The van der Waals surface area contributed by atoms with Gasteiger partial charge in [-0.15, -0.1) is 0 Å². The summed E-state index contributed by atoms with van der Waals surface area (Å²) in [5.74, 6) is -0.410. The van der Waals surface area contributed by atoms with E-state index in [4.69, 9.17) is 0 Å². The smallest absolute Gasteiger partial charge is 0.285 e. The number of piperidine rings is 1. The van der Waals surface area contributed by atoms with Crippen LogP contribution in [0.4, 0.5) is 5.69 Å². The largest absolute Gasteiger partial charge is 0.349 e. The predicted molar refractivity (Wildman–Crippen MR) is 106 cm³/mol. The Morgan fingerprint density at radius 3 is 2.52 bits per heavy atom. The van der Waals surface area contributed by atoms with E-state index in [2.05, 4.69) is 5.32 Å². The van der Waals surface area contributed by atoms with Gasteiger partial charge >= 0.3 is 0 Å². The van der Waals surface area contributed by atoms with Crippen LogP contribution in [-0.4, -0.2) is 45.3 Å². The highest BCUT2D eigenvalue weighted by molar-refractivity contribution is 5.95. The van der Waals surface area contributed by atoms with Crippen LogP contribution in [0, 0.1) is 17.0 Å². The lowest BCUT2D eigenvalue weighted by Crippen LogP contribution is -2.47. The zero-order chi connectivity index (χ0) is 21.0. The number of aryl methyl sites for hydroxylation is 1. The van der Waals surface area contributed by atoms with Crippen LogP contribution in [-0.2, 0) is 11.3 Å². The fourth-order valence-electron chi connectivity index (χ4n) is 3.36. The number of pyridine rings is 1.